The molecule has 0 radical (unpaired) electrons. The summed E-state index contributed by atoms with van der Waals surface area (Å²) in [6.45, 7) is 3.63. The molecule has 174 valence electrons. The molecule has 3 heteroatoms. The van der Waals surface area contributed by atoms with Crippen molar-refractivity contribution < 1.29 is 16.9 Å². The van der Waals surface area contributed by atoms with E-state index in [-0.39, 0.29) is 24.8 Å². The lowest BCUT2D eigenvalue weighted by Crippen LogP contribution is -3.00. The first-order valence-electron chi connectivity index (χ1n) is 12.4. The number of hydrogen-bond donors (Lipinski definition) is 0. The SMILES string of the molecule is CCCCCCCCCCCCCCCCCCCCCC[N+](C)(C)C.Cl.[Cl-]. The molecule has 0 N–H and O–H groups in total. The van der Waals surface area contributed by atoms with Gasteiger partial charge in [0.05, 0.1) is 27.7 Å². The van der Waals surface area contributed by atoms with Crippen LogP contribution in [0.1, 0.15) is 135 Å². The van der Waals surface area contributed by atoms with Crippen LogP contribution in [-0.4, -0.2) is 32.2 Å². The molecule has 1 nitrogen and oxygen atoms in total. The first kappa shape index (κ1) is 33.2. The molecule has 0 unspecified atom stereocenters. The Kier molecular flexibility index (Phi) is 30.3. The Balaban J connectivity index is -0.00000312. The summed E-state index contributed by atoms with van der Waals surface area (Å²) in [6, 6.07) is 0. The van der Waals surface area contributed by atoms with Gasteiger partial charge in [-0.3, -0.25) is 0 Å². The van der Waals surface area contributed by atoms with E-state index in [4.69, 9.17) is 0 Å². The summed E-state index contributed by atoms with van der Waals surface area (Å²) < 4.78 is 1.12. The first-order valence-corrected chi connectivity index (χ1v) is 12.4. The van der Waals surface area contributed by atoms with Crippen LogP contribution in [0, 0.1) is 0 Å². The smallest absolute Gasteiger partial charge is 0.0780 e. The molecule has 0 aromatic rings. The zero-order valence-electron chi connectivity index (χ0n) is 20.1. The molecule has 0 amide bonds. The van der Waals surface area contributed by atoms with Gasteiger partial charge in [-0.1, -0.05) is 122 Å². The van der Waals surface area contributed by atoms with Crippen molar-refractivity contribution in [3.05, 3.63) is 0 Å². The number of hydrogen-bond acceptors (Lipinski definition) is 0. The van der Waals surface area contributed by atoms with E-state index in [9.17, 15) is 0 Å². The summed E-state index contributed by atoms with van der Waals surface area (Å²) in [5.74, 6) is 0. The van der Waals surface area contributed by atoms with Crippen LogP contribution in [0.15, 0.2) is 0 Å². The van der Waals surface area contributed by atoms with E-state index in [1.807, 2.05) is 0 Å². The van der Waals surface area contributed by atoms with Gasteiger partial charge in [0.15, 0.2) is 0 Å². The van der Waals surface area contributed by atoms with Gasteiger partial charge in [0.25, 0.3) is 0 Å². The fraction of sp³-hybridized carbons (Fsp3) is 1.00. The van der Waals surface area contributed by atoms with Gasteiger partial charge in [0.1, 0.15) is 0 Å². The summed E-state index contributed by atoms with van der Waals surface area (Å²) in [7, 11) is 6.90. The van der Waals surface area contributed by atoms with E-state index in [1.165, 1.54) is 135 Å². The fourth-order valence-electron chi connectivity index (χ4n) is 3.84. The summed E-state index contributed by atoms with van der Waals surface area (Å²) in [5, 5.41) is 0. The van der Waals surface area contributed by atoms with E-state index >= 15 is 0 Å². The van der Waals surface area contributed by atoms with Crippen LogP contribution < -0.4 is 12.4 Å². The maximum absolute atomic E-state index is 2.30. The summed E-state index contributed by atoms with van der Waals surface area (Å²) in [6.07, 6.45) is 29.3. The molecule has 0 bridgehead atoms. The van der Waals surface area contributed by atoms with Gasteiger partial charge in [-0.2, -0.15) is 0 Å². The van der Waals surface area contributed by atoms with Crippen molar-refractivity contribution in [3.63, 3.8) is 0 Å². The van der Waals surface area contributed by atoms with Crippen LogP contribution in [0.5, 0.6) is 0 Å². The molecule has 0 rings (SSSR count). The number of nitrogens with zero attached hydrogens (tertiary/aromatic N) is 1. The quantitative estimate of drug-likeness (QED) is 0.153. The van der Waals surface area contributed by atoms with Crippen molar-refractivity contribution in [2.45, 2.75) is 135 Å². The van der Waals surface area contributed by atoms with E-state index in [1.54, 1.807) is 0 Å². The van der Waals surface area contributed by atoms with E-state index in [0.717, 1.165) is 4.48 Å². The van der Waals surface area contributed by atoms with E-state index in [0.29, 0.717) is 0 Å². The lowest BCUT2D eigenvalue weighted by atomic mass is 10.0. The molecule has 0 heterocycles. The number of rotatable bonds is 21. The second-order valence-corrected chi connectivity index (χ2v) is 9.73. The fourth-order valence-corrected chi connectivity index (χ4v) is 3.84. The minimum Gasteiger partial charge on any atom is -1.00 e. The van der Waals surface area contributed by atoms with Crippen molar-refractivity contribution >= 4 is 12.4 Å². The molecular weight excluding hydrogens is 385 g/mol. The monoisotopic (exact) mass is 439 g/mol. The third-order valence-electron chi connectivity index (χ3n) is 5.68. The van der Waals surface area contributed by atoms with Gasteiger partial charge in [0.2, 0.25) is 0 Å². The van der Waals surface area contributed by atoms with E-state index in [2.05, 4.69) is 28.1 Å². The van der Waals surface area contributed by atoms with Crippen molar-refractivity contribution in [3.8, 4) is 0 Å². The lowest BCUT2D eigenvalue weighted by Gasteiger charge is -2.23. The molecule has 0 aromatic carbocycles. The Bertz CT molecular complexity index is 264. The van der Waals surface area contributed by atoms with Crippen molar-refractivity contribution in [2.75, 3.05) is 27.7 Å². The van der Waals surface area contributed by atoms with Gasteiger partial charge in [-0.05, 0) is 12.8 Å². The summed E-state index contributed by atoms with van der Waals surface area (Å²) >= 11 is 0. The molecule has 0 aromatic heterocycles. The van der Waals surface area contributed by atoms with Crippen molar-refractivity contribution in [1.82, 2.24) is 0 Å². The molecule has 0 aliphatic rings. The Morgan fingerprint density at radius 3 is 0.821 bits per heavy atom. The average Bonchev–Trinajstić information content (AvgIpc) is 2.59. The van der Waals surface area contributed by atoms with Crippen molar-refractivity contribution in [2.24, 2.45) is 0 Å². The first-order chi connectivity index (χ1) is 12.6. The summed E-state index contributed by atoms with van der Waals surface area (Å²) in [5.41, 5.74) is 0. The predicted molar refractivity (Wildman–Crippen MR) is 128 cm³/mol. The third kappa shape index (κ3) is 31.2. The average molecular weight is 441 g/mol. The zero-order valence-corrected chi connectivity index (χ0v) is 21.7. The van der Waals surface area contributed by atoms with E-state index < -0.39 is 0 Å². The third-order valence-corrected chi connectivity index (χ3v) is 5.68. The maximum Gasteiger partial charge on any atom is 0.0780 e. The highest BCUT2D eigenvalue weighted by molar-refractivity contribution is 5.85. The van der Waals surface area contributed by atoms with Crippen LogP contribution in [0.2, 0.25) is 0 Å². The molecule has 0 spiro atoms. The molecule has 0 aliphatic carbocycles. The second kappa shape index (κ2) is 25.6. The highest BCUT2D eigenvalue weighted by Crippen LogP contribution is 2.14. The van der Waals surface area contributed by atoms with Crippen LogP contribution in [0.4, 0.5) is 0 Å². The largest absolute Gasteiger partial charge is 1.00 e. The van der Waals surface area contributed by atoms with Crippen LogP contribution >= 0.6 is 12.4 Å². The standard InChI is InChI=1S/C25H54N.2ClH/c1-5-6-7-8-9-10-11-12-13-14-15-16-17-18-19-20-21-22-23-24-25-26(2,3)4;;/h5-25H2,1-4H3;2*1H/q+1;;/p-1. The summed E-state index contributed by atoms with van der Waals surface area (Å²) in [4.78, 5) is 0. The Hall–Kier alpha value is 0.540. The van der Waals surface area contributed by atoms with Gasteiger partial charge in [-0.25, -0.2) is 0 Å². The highest BCUT2D eigenvalue weighted by Gasteiger charge is 2.04. The minimum atomic E-state index is 0. The highest BCUT2D eigenvalue weighted by atomic mass is 35.5. The number of halogens is 2. The Labute approximate surface area is 192 Å². The molecule has 0 saturated heterocycles. The molecule has 0 saturated carbocycles. The molecule has 0 fully saturated rings. The van der Waals surface area contributed by atoms with Crippen LogP contribution in [0.25, 0.3) is 0 Å². The van der Waals surface area contributed by atoms with Gasteiger partial charge >= 0.3 is 0 Å². The van der Waals surface area contributed by atoms with Gasteiger partial charge in [0, 0.05) is 0 Å². The van der Waals surface area contributed by atoms with Crippen LogP contribution in [-0.2, 0) is 0 Å². The van der Waals surface area contributed by atoms with Gasteiger partial charge < -0.3 is 16.9 Å². The lowest BCUT2D eigenvalue weighted by molar-refractivity contribution is -0.870. The predicted octanol–water partition coefficient (Wildman–Crippen LogP) is 5.94. The Morgan fingerprint density at radius 1 is 0.393 bits per heavy atom. The molecule has 0 aliphatic heterocycles. The van der Waals surface area contributed by atoms with Gasteiger partial charge in [-0.15, -0.1) is 12.4 Å². The maximum atomic E-state index is 2.30. The number of quaternary nitrogens is 1. The topological polar surface area (TPSA) is 0 Å². The normalized spacial score (nSPS) is 11.1. The number of unbranched alkanes of at least 4 members (excludes halogenated alkanes) is 19. The second-order valence-electron chi connectivity index (χ2n) is 9.73. The van der Waals surface area contributed by atoms with Crippen molar-refractivity contribution in [1.29, 1.82) is 0 Å². The Morgan fingerprint density at radius 2 is 0.607 bits per heavy atom. The zero-order chi connectivity index (χ0) is 19.3. The molecule has 28 heavy (non-hydrogen) atoms. The van der Waals surface area contributed by atoms with Crippen LogP contribution in [0.3, 0.4) is 0 Å². The minimum absolute atomic E-state index is 0. The molecule has 0 atom stereocenters. The molecular formula is C25H55Cl2N.